The minimum atomic E-state index is -0.110. The molecule has 0 aromatic rings. The lowest BCUT2D eigenvalue weighted by Gasteiger charge is -2.31. The van der Waals surface area contributed by atoms with E-state index in [1.807, 2.05) is 0 Å². The van der Waals surface area contributed by atoms with Crippen LogP contribution in [0.2, 0.25) is 0 Å². The Labute approximate surface area is 104 Å². The van der Waals surface area contributed by atoms with Gasteiger partial charge in [-0.15, -0.1) is 0 Å². The third-order valence-corrected chi connectivity index (χ3v) is 4.56. The van der Waals surface area contributed by atoms with Crippen molar-refractivity contribution in [3.63, 3.8) is 0 Å². The lowest BCUT2D eigenvalue weighted by molar-refractivity contribution is -0.140. The van der Waals surface area contributed by atoms with Gasteiger partial charge in [0.05, 0.1) is 5.41 Å². The van der Waals surface area contributed by atoms with Gasteiger partial charge >= 0.3 is 0 Å². The van der Waals surface area contributed by atoms with Crippen LogP contribution in [0.3, 0.4) is 0 Å². The van der Waals surface area contributed by atoms with Crippen LogP contribution in [-0.4, -0.2) is 62.0 Å². The van der Waals surface area contributed by atoms with Gasteiger partial charge in [-0.25, -0.2) is 0 Å². The average molecular weight is 239 g/mol. The molecule has 2 rings (SSSR count). The zero-order chi connectivity index (χ0) is 12.5. The number of hydrogen-bond acceptors (Lipinski definition) is 3. The highest BCUT2D eigenvalue weighted by atomic mass is 16.2. The summed E-state index contributed by atoms with van der Waals surface area (Å²) in [7, 11) is 4.21. The van der Waals surface area contributed by atoms with Crippen LogP contribution >= 0.6 is 0 Å². The van der Waals surface area contributed by atoms with E-state index in [2.05, 4.69) is 36.1 Å². The number of carbonyl (C=O) groups is 1. The number of likely N-dealkylation sites (tertiary alicyclic amines) is 1. The summed E-state index contributed by atoms with van der Waals surface area (Å²) in [6.45, 7) is 5.84. The fourth-order valence-electron chi connectivity index (χ4n) is 3.06. The second-order valence-corrected chi connectivity index (χ2v) is 5.72. The maximum absolute atomic E-state index is 12.6. The molecule has 1 N–H and O–H groups in total. The van der Waals surface area contributed by atoms with Crippen LogP contribution < -0.4 is 5.32 Å². The van der Waals surface area contributed by atoms with Crippen LogP contribution in [0.5, 0.6) is 0 Å². The van der Waals surface area contributed by atoms with Crippen molar-refractivity contribution in [2.45, 2.75) is 32.2 Å². The molecule has 2 unspecified atom stereocenters. The molecule has 4 nitrogen and oxygen atoms in total. The number of carbonyl (C=O) groups excluding carboxylic acids is 1. The fourth-order valence-corrected chi connectivity index (χ4v) is 3.06. The molecule has 0 aliphatic carbocycles. The van der Waals surface area contributed by atoms with Crippen molar-refractivity contribution in [1.29, 1.82) is 0 Å². The molecule has 17 heavy (non-hydrogen) atoms. The summed E-state index contributed by atoms with van der Waals surface area (Å²) in [5, 5.41) is 3.34. The standard InChI is InChI=1S/C13H25N3O/c1-4-13(6-7-14-10-13)12(17)16-8-5-11(9-16)15(2)3/h11,14H,4-10H2,1-3H3. The first-order valence-electron chi connectivity index (χ1n) is 6.75. The molecule has 2 heterocycles. The van der Waals surface area contributed by atoms with E-state index >= 15 is 0 Å². The summed E-state index contributed by atoms with van der Waals surface area (Å²) in [6, 6.07) is 0.544. The molecule has 2 saturated heterocycles. The summed E-state index contributed by atoms with van der Waals surface area (Å²) in [4.78, 5) is 17.0. The zero-order valence-corrected chi connectivity index (χ0v) is 11.3. The lowest BCUT2D eigenvalue weighted by Crippen LogP contribution is -2.45. The first-order valence-corrected chi connectivity index (χ1v) is 6.75. The molecule has 98 valence electrons. The highest BCUT2D eigenvalue weighted by Gasteiger charge is 2.43. The van der Waals surface area contributed by atoms with E-state index in [0.29, 0.717) is 11.9 Å². The van der Waals surface area contributed by atoms with E-state index in [-0.39, 0.29) is 5.41 Å². The predicted molar refractivity (Wildman–Crippen MR) is 68.9 cm³/mol. The van der Waals surface area contributed by atoms with Gasteiger partial charge in [0, 0.05) is 25.7 Å². The van der Waals surface area contributed by atoms with Crippen molar-refractivity contribution in [2.24, 2.45) is 5.41 Å². The maximum atomic E-state index is 12.6. The van der Waals surface area contributed by atoms with Crippen molar-refractivity contribution in [3.8, 4) is 0 Å². The molecule has 2 aliphatic heterocycles. The molecular formula is C13H25N3O. The number of amides is 1. The molecule has 1 amide bonds. The first kappa shape index (κ1) is 12.8. The van der Waals surface area contributed by atoms with E-state index in [1.54, 1.807) is 0 Å². The van der Waals surface area contributed by atoms with Crippen LogP contribution in [-0.2, 0) is 4.79 Å². The third-order valence-electron chi connectivity index (χ3n) is 4.56. The van der Waals surface area contributed by atoms with Crippen molar-refractivity contribution in [3.05, 3.63) is 0 Å². The Hall–Kier alpha value is -0.610. The molecule has 2 aliphatic rings. The third kappa shape index (κ3) is 2.33. The van der Waals surface area contributed by atoms with E-state index in [4.69, 9.17) is 0 Å². The molecule has 2 fully saturated rings. The molecule has 0 saturated carbocycles. The SMILES string of the molecule is CCC1(C(=O)N2CCC(N(C)C)C2)CCNC1. The Morgan fingerprint density at radius 2 is 2.29 bits per heavy atom. The summed E-state index contributed by atoms with van der Waals surface area (Å²) >= 11 is 0. The number of hydrogen-bond donors (Lipinski definition) is 1. The average Bonchev–Trinajstić information content (AvgIpc) is 2.98. The van der Waals surface area contributed by atoms with Gasteiger partial charge in [-0.05, 0) is 39.9 Å². The number of rotatable bonds is 3. The minimum Gasteiger partial charge on any atom is -0.341 e. The zero-order valence-electron chi connectivity index (χ0n) is 11.3. The number of nitrogens with one attached hydrogen (secondary N) is 1. The van der Waals surface area contributed by atoms with Gasteiger partial charge in [-0.1, -0.05) is 6.92 Å². The Bertz CT molecular complexity index is 284. The van der Waals surface area contributed by atoms with Gasteiger partial charge in [0.2, 0.25) is 5.91 Å². The van der Waals surface area contributed by atoms with Gasteiger partial charge < -0.3 is 15.1 Å². The molecule has 2 atom stereocenters. The Kier molecular flexibility index (Phi) is 3.73. The van der Waals surface area contributed by atoms with E-state index in [1.165, 1.54) is 0 Å². The quantitative estimate of drug-likeness (QED) is 0.781. The van der Waals surface area contributed by atoms with Crippen molar-refractivity contribution >= 4 is 5.91 Å². The van der Waals surface area contributed by atoms with Crippen LogP contribution in [0.25, 0.3) is 0 Å². The second kappa shape index (κ2) is 4.94. The smallest absolute Gasteiger partial charge is 0.230 e. The summed E-state index contributed by atoms with van der Waals surface area (Å²) < 4.78 is 0. The van der Waals surface area contributed by atoms with Gasteiger partial charge in [-0.3, -0.25) is 4.79 Å². The highest BCUT2D eigenvalue weighted by molar-refractivity contribution is 5.83. The fraction of sp³-hybridized carbons (Fsp3) is 0.923. The van der Waals surface area contributed by atoms with E-state index < -0.39 is 0 Å². The van der Waals surface area contributed by atoms with Gasteiger partial charge in [0.25, 0.3) is 0 Å². The number of nitrogens with zero attached hydrogens (tertiary/aromatic N) is 2. The van der Waals surface area contributed by atoms with E-state index in [0.717, 1.165) is 45.4 Å². The molecule has 4 heteroatoms. The molecule has 0 aromatic carbocycles. The highest BCUT2D eigenvalue weighted by Crippen LogP contribution is 2.33. The molecule has 0 aromatic heterocycles. The first-order chi connectivity index (χ1) is 8.09. The predicted octanol–water partition coefficient (Wildman–Crippen LogP) is 0.539. The molecular weight excluding hydrogens is 214 g/mol. The van der Waals surface area contributed by atoms with Crippen LogP contribution in [0.4, 0.5) is 0 Å². The lowest BCUT2D eigenvalue weighted by atomic mass is 9.83. The normalized spacial score (nSPS) is 33.6. The molecule has 0 bridgehead atoms. The van der Waals surface area contributed by atoms with Crippen molar-refractivity contribution < 1.29 is 4.79 Å². The van der Waals surface area contributed by atoms with Crippen LogP contribution in [0.15, 0.2) is 0 Å². The molecule has 0 spiro atoms. The molecule has 0 radical (unpaired) electrons. The maximum Gasteiger partial charge on any atom is 0.230 e. The largest absolute Gasteiger partial charge is 0.341 e. The van der Waals surface area contributed by atoms with Gasteiger partial charge in [0.1, 0.15) is 0 Å². The van der Waals surface area contributed by atoms with Crippen LogP contribution in [0.1, 0.15) is 26.2 Å². The van der Waals surface area contributed by atoms with E-state index in [9.17, 15) is 4.79 Å². The van der Waals surface area contributed by atoms with Crippen LogP contribution in [0, 0.1) is 5.41 Å². The second-order valence-electron chi connectivity index (χ2n) is 5.72. The van der Waals surface area contributed by atoms with Crippen molar-refractivity contribution in [2.75, 3.05) is 40.3 Å². The minimum absolute atomic E-state index is 0.110. The monoisotopic (exact) mass is 239 g/mol. The van der Waals surface area contributed by atoms with Gasteiger partial charge in [0.15, 0.2) is 0 Å². The summed E-state index contributed by atoms with van der Waals surface area (Å²) in [5.74, 6) is 0.384. The number of likely N-dealkylation sites (N-methyl/N-ethyl adjacent to an activating group) is 1. The Morgan fingerprint density at radius 1 is 1.53 bits per heavy atom. The Balaban J connectivity index is 2.01. The van der Waals surface area contributed by atoms with Crippen molar-refractivity contribution in [1.82, 2.24) is 15.1 Å². The topological polar surface area (TPSA) is 35.6 Å². The Morgan fingerprint density at radius 3 is 2.76 bits per heavy atom. The van der Waals surface area contributed by atoms with Gasteiger partial charge in [-0.2, -0.15) is 0 Å². The summed E-state index contributed by atoms with van der Waals surface area (Å²) in [6.07, 6.45) is 3.08. The summed E-state index contributed by atoms with van der Waals surface area (Å²) in [5.41, 5.74) is -0.110.